The molecule has 13 heteroatoms. The lowest BCUT2D eigenvalue weighted by Crippen LogP contribution is -2.42. The quantitative estimate of drug-likeness (QED) is 0.114. The summed E-state index contributed by atoms with van der Waals surface area (Å²) in [4.78, 5) is 61.5. The minimum atomic E-state index is -1.20. The number of rotatable bonds is 12. The van der Waals surface area contributed by atoms with Crippen LogP contribution in [0.5, 0.6) is 11.8 Å². The van der Waals surface area contributed by atoms with Gasteiger partial charge >= 0.3 is 11.9 Å². The number of carbonyl (C=O) groups excluding carboxylic acids is 3. The molecule has 1 atom stereocenters. The van der Waals surface area contributed by atoms with Crippen molar-refractivity contribution in [1.82, 2.24) is 20.0 Å². The summed E-state index contributed by atoms with van der Waals surface area (Å²) in [6, 6.07) is 18.5. The molecule has 0 saturated heterocycles. The monoisotopic (exact) mass is 613 g/mol. The minimum absolute atomic E-state index is 0.0357. The maximum Gasteiger partial charge on any atom is 0.333 e. The Labute approximate surface area is 256 Å². The van der Waals surface area contributed by atoms with Crippen molar-refractivity contribution in [2.75, 3.05) is 5.73 Å². The number of benzene rings is 2. The number of nitrogens with one attached hydrogen (secondary N) is 3. The number of nitrogens with zero attached hydrogens (tertiary/aromatic N) is 1. The van der Waals surface area contributed by atoms with Crippen LogP contribution in [0.4, 0.5) is 5.82 Å². The van der Waals surface area contributed by atoms with E-state index in [0.29, 0.717) is 28.5 Å². The van der Waals surface area contributed by atoms with Gasteiger partial charge in [-0.25, -0.2) is 9.59 Å². The Bertz CT molecular complexity index is 1860. The van der Waals surface area contributed by atoms with Gasteiger partial charge in [0.15, 0.2) is 0 Å². The summed E-state index contributed by atoms with van der Waals surface area (Å²) in [5.41, 5.74) is 8.89. The van der Waals surface area contributed by atoms with Gasteiger partial charge in [-0.1, -0.05) is 42.5 Å². The number of hydrogen-bond donors (Lipinski definition) is 6. The molecule has 2 aromatic carbocycles. The lowest BCUT2D eigenvalue weighted by atomic mass is 10.0. The van der Waals surface area contributed by atoms with Gasteiger partial charge in [0.05, 0.1) is 17.3 Å². The molecule has 45 heavy (non-hydrogen) atoms. The van der Waals surface area contributed by atoms with E-state index in [2.05, 4.69) is 15.3 Å². The van der Waals surface area contributed by atoms with Crippen LogP contribution in [0.25, 0.3) is 10.9 Å². The summed E-state index contributed by atoms with van der Waals surface area (Å²) in [5.74, 6) is -2.87. The zero-order valence-corrected chi connectivity index (χ0v) is 24.0. The third-order valence-electron chi connectivity index (χ3n) is 7.12. The average Bonchev–Trinajstić information content (AvgIpc) is 3.59. The van der Waals surface area contributed by atoms with Crippen molar-refractivity contribution >= 4 is 34.6 Å². The lowest BCUT2D eigenvalue weighted by Gasteiger charge is -2.18. The number of carbonyl (C=O) groups is 3. The first-order chi connectivity index (χ1) is 21.7. The molecule has 0 radical (unpaired) electrons. The normalized spacial score (nSPS) is 11.6. The van der Waals surface area contributed by atoms with Gasteiger partial charge in [-0.05, 0) is 48.1 Å². The van der Waals surface area contributed by atoms with Crippen LogP contribution in [-0.2, 0) is 33.8 Å². The molecule has 0 saturated carbocycles. The number of fused-ring (bicyclic) bond motifs is 1. The number of aromatic nitrogens is 3. The summed E-state index contributed by atoms with van der Waals surface area (Å²) in [7, 11) is 0. The minimum Gasteiger partial charge on any atom is -0.492 e. The van der Waals surface area contributed by atoms with Crippen molar-refractivity contribution in [3.8, 4) is 11.8 Å². The van der Waals surface area contributed by atoms with Gasteiger partial charge in [0.1, 0.15) is 18.5 Å². The Morgan fingerprint density at radius 1 is 0.933 bits per heavy atom. The first-order valence-electron chi connectivity index (χ1n) is 14.1. The molecule has 0 fully saturated rings. The molecule has 0 spiro atoms. The van der Waals surface area contributed by atoms with Gasteiger partial charge in [0.25, 0.3) is 11.5 Å². The van der Waals surface area contributed by atoms with Crippen LogP contribution in [0.3, 0.4) is 0 Å². The summed E-state index contributed by atoms with van der Waals surface area (Å²) in [5, 5.41) is 22.6. The van der Waals surface area contributed by atoms with Crippen LogP contribution in [0.2, 0.25) is 0 Å². The van der Waals surface area contributed by atoms with E-state index >= 15 is 0 Å². The highest BCUT2D eigenvalue weighted by molar-refractivity contribution is 5.97. The number of esters is 1. The van der Waals surface area contributed by atoms with E-state index in [9.17, 15) is 29.4 Å². The van der Waals surface area contributed by atoms with Crippen molar-refractivity contribution in [2.45, 2.75) is 38.3 Å². The fourth-order valence-corrected chi connectivity index (χ4v) is 4.77. The molecule has 1 unspecified atom stereocenters. The van der Waals surface area contributed by atoms with E-state index in [-0.39, 0.29) is 36.4 Å². The topological polar surface area (TPSA) is 202 Å². The fraction of sp³-hybridized carbons (Fsp3) is 0.188. The Hall–Kier alpha value is -5.98. The number of amides is 1. The van der Waals surface area contributed by atoms with Crippen LogP contribution in [-0.4, -0.2) is 48.8 Å². The van der Waals surface area contributed by atoms with E-state index in [4.69, 9.17) is 15.3 Å². The molecule has 232 valence electrons. The molecule has 5 aromatic rings. The number of hydrogen-bond acceptors (Lipinski definition) is 9. The highest BCUT2D eigenvalue weighted by atomic mass is 16.7. The van der Waals surface area contributed by atoms with Crippen LogP contribution in [0.15, 0.2) is 83.8 Å². The number of aromatic hydroxyl groups is 2. The predicted molar refractivity (Wildman–Crippen MR) is 163 cm³/mol. The molecule has 5 rings (SSSR count). The molecule has 1 amide bonds. The number of ether oxygens (including phenoxy) is 1. The second-order valence-electron chi connectivity index (χ2n) is 10.3. The van der Waals surface area contributed by atoms with Crippen LogP contribution >= 0.6 is 0 Å². The van der Waals surface area contributed by atoms with Gasteiger partial charge in [0.2, 0.25) is 11.8 Å². The number of aromatic amines is 2. The summed E-state index contributed by atoms with van der Waals surface area (Å²) in [6.07, 6.45) is 2.43. The van der Waals surface area contributed by atoms with Crippen molar-refractivity contribution in [3.63, 3.8) is 0 Å². The van der Waals surface area contributed by atoms with E-state index < -0.39 is 35.6 Å². The molecule has 0 aliphatic rings. The summed E-state index contributed by atoms with van der Waals surface area (Å²) in [6.45, 7) is -0.0357. The van der Waals surface area contributed by atoms with Crippen molar-refractivity contribution < 1.29 is 34.2 Å². The second-order valence-corrected chi connectivity index (χ2v) is 10.3. The molecular formula is C32H31N5O8. The molecular weight excluding hydrogens is 582 g/mol. The molecule has 7 N–H and O–H groups in total. The maximum absolute atomic E-state index is 13.1. The molecule has 0 aliphatic heterocycles. The van der Waals surface area contributed by atoms with Crippen LogP contribution in [0.1, 0.15) is 39.9 Å². The number of H-pyrrole nitrogens is 2. The summed E-state index contributed by atoms with van der Waals surface area (Å²) >= 11 is 0. The smallest absolute Gasteiger partial charge is 0.333 e. The highest BCUT2D eigenvalue weighted by Crippen LogP contribution is 2.20. The van der Waals surface area contributed by atoms with Gasteiger partial charge < -0.3 is 40.8 Å². The Kier molecular flexibility index (Phi) is 9.17. The number of pyridine rings is 1. The van der Waals surface area contributed by atoms with Crippen LogP contribution < -0.4 is 21.4 Å². The maximum atomic E-state index is 13.1. The Morgan fingerprint density at radius 3 is 2.36 bits per heavy atom. The van der Waals surface area contributed by atoms with Gasteiger partial charge in [-0.3, -0.25) is 9.59 Å². The van der Waals surface area contributed by atoms with Crippen LogP contribution in [0, 0.1) is 0 Å². The number of anilines is 1. The first-order valence-corrected chi connectivity index (χ1v) is 14.1. The lowest BCUT2D eigenvalue weighted by molar-refractivity contribution is -0.149. The van der Waals surface area contributed by atoms with Crippen molar-refractivity contribution in [2.24, 2.45) is 0 Å². The largest absolute Gasteiger partial charge is 0.492 e. The molecule has 3 aromatic heterocycles. The third-order valence-corrected chi connectivity index (χ3v) is 7.12. The molecule has 3 heterocycles. The Morgan fingerprint density at radius 2 is 1.64 bits per heavy atom. The first kappa shape index (κ1) is 30.5. The highest BCUT2D eigenvalue weighted by Gasteiger charge is 2.25. The number of aryl methyl sites for hydroxylation is 2. The van der Waals surface area contributed by atoms with E-state index in [1.807, 2.05) is 6.07 Å². The zero-order chi connectivity index (χ0) is 31.9. The van der Waals surface area contributed by atoms with Gasteiger partial charge in [-0.15, -0.1) is 4.73 Å². The molecule has 13 nitrogen and oxygen atoms in total. The van der Waals surface area contributed by atoms with Gasteiger partial charge in [0, 0.05) is 30.0 Å². The molecule has 0 aliphatic carbocycles. The Balaban J connectivity index is 1.22. The van der Waals surface area contributed by atoms with E-state index in [1.165, 1.54) is 0 Å². The third kappa shape index (κ3) is 7.51. The SMILES string of the molecule is Nc1cc2[nH]cc(CCc3ccc(C(=O)NC(CCC(=O)On4c(O)ccc4O)C(=O)OCc4ccccc4)cc3)c2c(=O)[nH]1. The second kappa shape index (κ2) is 13.5. The van der Waals surface area contributed by atoms with Crippen molar-refractivity contribution in [1.29, 1.82) is 0 Å². The zero-order valence-electron chi connectivity index (χ0n) is 24.0. The van der Waals surface area contributed by atoms with Gasteiger partial charge in [-0.2, -0.15) is 0 Å². The number of nitrogen functional groups attached to an aromatic ring is 1. The van der Waals surface area contributed by atoms with E-state index in [0.717, 1.165) is 28.8 Å². The van der Waals surface area contributed by atoms with Crippen molar-refractivity contribution in [3.05, 3.63) is 112 Å². The number of nitrogens with two attached hydrogens (primary N) is 1. The average molecular weight is 614 g/mol. The predicted octanol–water partition coefficient (Wildman–Crippen LogP) is 2.71. The van der Waals surface area contributed by atoms with E-state index in [1.54, 1.807) is 60.8 Å². The molecule has 0 bridgehead atoms. The standard InChI is InChI=1S/C32H31N5O8/c33-25-16-24-29(31(42)36-25)22(17-34-24)11-8-19-6-9-21(10-7-19)30(41)35-23(32(43)44-18-20-4-2-1-3-5-20)12-15-28(40)45-37-26(38)13-14-27(37)39/h1-7,9-10,13-14,16-17,23,34,38-39H,8,11-12,15,18H2,(H,35,41)(H3,33,36,42). The fourth-order valence-electron chi connectivity index (χ4n) is 4.77. The summed E-state index contributed by atoms with van der Waals surface area (Å²) < 4.78 is 5.95.